The van der Waals surface area contributed by atoms with E-state index in [4.69, 9.17) is 28.4 Å². The third-order valence-corrected chi connectivity index (χ3v) is 18.7. The maximum Gasteiger partial charge on any atom is 0.187 e. The van der Waals surface area contributed by atoms with Gasteiger partial charge in [0, 0.05) is 0 Å². The minimum absolute atomic E-state index is 0.110. The molecule has 4 aliphatic carbocycles. The zero-order valence-electron chi connectivity index (χ0n) is 40.3. The minimum Gasteiger partial charge on any atom is -0.394 e. The Morgan fingerprint density at radius 3 is 1.75 bits per heavy atom. The standard InChI is InChI=1S/C48H82O19/c1-21(2)10-9-13-48(8,67-42-38(61)35(58)32(55)26(19-50)64-42)22-11-15-46(6)30(22)23(52)16-28-45(5)14-12-29(53)44(3,4)40(45)24(17-47(28,46)7)62-43-39(36(59)33(56)27(20-51)65-43)66-41-37(60)34(57)31(54)25(18-49)63-41/h10,22-43,49-61H,9,11-20H2,1-8H3. The fraction of sp³-hybridized carbons (Fsp3) is 0.958. The van der Waals surface area contributed by atoms with Crippen LogP contribution in [-0.2, 0) is 28.4 Å². The van der Waals surface area contributed by atoms with Crippen molar-refractivity contribution in [3.8, 4) is 0 Å². The molecule has 0 spiro atoms. The van der Waals surface area contributed by atoms with E-state index in [0.717, 1.165) is 5.57 Å². The highest BCUT2D eigenvalue weighted by molar-refractivity contribution is 5.22. The fourth-order valence-electron chi connectivity index (χ4n) is 14.9. The number of rotatable bonds is 13. The monoisotopic (exact) mass is 963 g/mol. The first kappa shape index (κ1) is 53.8. The third kappa shape index (κ3) is 9.03. The molecule has 26 unspecified atom stereocenters. The molecule has 7 rings (SSSR count). The Bertz CT molecular complexity index is 1710. The van der Waals surface area contributed by atoms with E-state index in [9.17, 15) is 66.4 Å². The van der Waals surface area contributed by atoms with Crippen LogP contribution in [0.15, 0.2) is 11.6 Å². The van der Waals surface area contributed by atoms with Gasteiger partial charge in [0.25, 0.3) is 0 Å². The van der Waals surface area contributed by atoms with Gasteiger partial charge < -0.3 is 94.8 Å². The first-order chi connectivity index (χ1) is 31.3. The van der Waals surface area contributed by atoms with Crippen LogP contribution in [0.25, 0.3) is 0 Å². The van der Waals surface area contributed by atoms with Crippen LogP contribution in [0.5, 0.6) is 0 Å². The molecule has 0 aromatic heterocycles. The van der Waals surface area contributed by atoms with E-state index in [0.29, 0.717) is 51.4 Å². The molecular weight excluding hydrogens is 881 g/mol. The highest BCUT2D eigenvalue weighted by Gasteiger charge is 2.74. The second-order valence-corrected chi connectivity index (χ2v) is 23.1. The molecule has 13 N–H and O–H groups in total. The van der Waals surface area contributed by atoms with Crippen LogP contribution < -0.4 is 0 Å². The molecule has 0 bridgehead atoms. The second-order valence-electron chi connectivity index (χ2n) is 23.1. The molecule has 0 amide bonds. The average molecular weight is 963 g/mol. The van der Waals surface area contributed by atoms with Crippen molar-refractivity contribution in [1.29, 1.82) is 0 Å². The number of ether oxygens (including phenoxy) is 6. The number of aliphatic hydroxyl groups is 13. The van der Waals surface area contributed by atoms with Gasteiger partial charge in [-0.05, 0) is 117 Å². The van der Waals surface area contributed by atoms with Crippen LogP contribution >= 0.6 is 0 Å². The van der Waals surface area contributed by atoms with Gasteiger partial charge in [-0.25, -0.2) is 0 Å². The molecule has 3 saturated heterocycles. The number of allylic oxidation sites excluding steroid dienone is 2. The Morgan fingerprint density at radius 1 is 0.642 bits per heavy atom. The van der Waals surface area contributed by atoms with E-state index in [-0.39, 0.29) is 17.8 Å². The van der Waals surface area contributed by atoms with Crippen molar-refractivity contribution in [3.05, 3.63) is 11.6 Å². The Kier molecular flexibility index (Phi) is 15.9. The summed E-state index contributed by atoms with van der Waals surface area (Å²) in [6.45, 7) is 14.4. The summed E-state index contributed by atoms with van der Waals surface area (Å²) in [6.07, 6.45) is -20.0. The van der Waals surface area contributed by atoms with Gasteiger partial charge in [0.15, 0.2) is 18.9 Å². The second kappa shape index (κ2) is 19.8. The van der Waals surface area contributed by atoms with Crippen molar-refractivity contribution < 1.29 is 94.8 Å². The van der Waals surface area contributed by atoms with Crippen molar-refractivity contribution >= 4 is 0 Å². The van der Waals surface area contributed by atoms with E-state index < -0.39 is 163 Å². The van der Waals surface area contributed by atoms with E-state index >= 15 is 0 Å². The molecular formula is C48H82O19. The highest BCUT2D eigenvalue weighted by Crippen LogP contribution is 2.76. The number of hydrogen-bond donors (Lipinski definition) is 13. The van der Waals surface area contributed by atoms with Crippen LogP contribution in [0.3, 0.4) is 0 Å². The van der Waals surface area contributed by atoms with Crippen LogP contribution in [0, 0.1) is 45.3 Å². The van der Waals surface area contributed by atoms with Crippen LogP contribution in [0.1, 0.15) is 107 Å². The SMILES string of the molecule is CC(C)=CCCC(C)(OC1OC(CO)C(O)C(O)C1O)C1CCC2(C)C1C(O)CC1C3(C)CCC(O)C(C)(C)C3C(OC3OC(CO)C(O)C(O)C3OC3OC(CO)C(O)C(O)C3O)CC12C. The Labute approximate surface area is 393 Å². The largest absolute Gasteiger partial charge is 0.394 e. The first-order valence-electron chi connectivity index (χ1n) is 24.5. The molecule has 0 radical (unpaired) electrons. The van der Waals surface area contributed by atoms with Gasteiger partial charge in [0.2, 0.25) is 0 Å². The zero-order valence-corrected chi connectivity index (χ0v) is 40.3. The van der Waals surface area contributed by atoms with Gasteiger partial charge in [-0.15, -0.1) is 0 Å². The van der Waals surface area contributed by atoms with E-state index in [1.54, 1.807) is 0 Å². The summed E-state index contributed by atoms with van der Waals surface area (Å²) in [4.78, 5) is 0. The molecule has 19 heteroatoms. The summed E-state index contributed by atoms with van der Waals surface area (Å²) in [5.74, 6) is -1.22. The minimum atomic E-state index is -1.86. The van der Waals surface area contributed by atoms with Gasteiger partial charge in [-0.1, -0.05) is 46.3 Å². The summed E-state index contributed by atoms with van der Waals surface area (Å²) in [5.41, 5.74) is -2.56. The maximum absolute atomic E-state index is 12.7. The number of fused-ring (bicyclic) bond motifs is 5. The van der Waals surface area contributed by atoms with Crippen LogP contribution in [-0.4, -0.2) is 202 Å². The van der Waals surface area contributed by atoms with Crippen LogP contribution in [0.4, 0.5) is 0 Å². The van der Waals surface area contributed by atoms with Crippen molar-refractivity contribution in [2.45, 2.75) is 223 Å². The Balaban J connectivity index is 1.27. The normalized spacial score (nSPS) is 52.9. The summed E-state index contributed by atoms with van der Waals surface area (Å²) in [7, 11) is 0. The van der Waals surface area contributed by atoms with E-state index in [1.807, 2.05) is 34.6 Å². The van der Waals surface area contributed by atoms with Crippen molar-refractivity contribution in [2.24, 2.45) is 45.3 Å². The predicted molar refractivity (Wildman–Crippen MR) is 235 cm³/mol. The Hall–Kier alpha value is -1.02. The first-order valence-corrected chi connectivity index (χ1v) is 24.5. The van der Waals surface area contributed by atoms with Crippen molar-refractivity contribution in [3.63, 3.8) is 0 Å². The fourth-order valence-corrected chi connectivity index (χ4v) is 14.9. The Morgan fingerprint density at radius 2 is 1.18 bits per heavy atom. The molecule has 67 heavy (non-hydrogen) atoms. The lowest BCUT2D eigenvalue weighted by atomic mass is 9.34. The predicted octanol–water partition coefficient (Wildman–Crippen LogP) is -1.06. The van der Waals surface area contributed by atoms with E-state index in [2.05, 4.69) is 26.8 Å². The van der Waals surface area contributed by atoms with Crippen molar-refractivity contribution in [2.75, 3.05) is 19.8 Å². The maximum atomic E-state index is 12.7. The van der Waals surface area contributed by atoms with Gasteiger partial charge in [0.1, 0.15) is 73.2 Å². The molecule has 3 aliphatic heterocycles. The number of hydrogen-bond acceptors (Lipinski definition) is 19. The number of aliphatic hydroxyl groups excluding tert-OH is 13. The summed E-state index contributed by atoms with van der Waals surface area (Å²) in [5, 5.41) is 142. The molecule has 0 aromatic rings. The molecule has 26 atom stereocenters. The molecule has 0 aromatic carbocycles. The lowest BCUT2D eigenvalue weighted by Gasteiger charge is -2.72. The zero-order chi connectivity index (χ0) is 49.5. The van der Waals surface area contributed by atoms with E-state index in [1.165, 1.54) is 0 Å². The van der Waals surface area contributed by atoms with Crippen LogP contribution in [0.2, 0.25) is 0 Å². The average Bonchev–Trinajstić information content (AvgIpc) is 3.66. The highest BCUT2D eigenvalue weighted by atomic mass is 16.8. The third-order valence-electron chi connectivity index (χ3n) is 18.7. The van der Waals surface area contributed by atoms with Gasteiger partial charge >= 0.3 is 0 Å². The quantitative estimate of drug-likeness (QED) is 0.0773. The lowest BCUT2D eigenvalue weighted by Crippen LogP contribution is -2.71. The van der Waals surface area contributed by atoms with Gasteiger partial charge in [0.05, 0.1) is 43.7 Å². The summed E-state index contributed by atoms with van der Waals surface area (Å²) >= 11 is 0. The smallest absolute Gasteiger partial charge is 0.187 e. The summed E-state index contributed by atoms with van der Waals surface area (Å²) in [6, 6.07) is 0. The molecule has 4 saturated carbocycles. The summed E-state index contributed by atoms with van der Waals surface area (Å²) < 4.78 is 37.9. The lowest BCUT2D eigenvalue weighted by molar-refractivity contribution is -0.383. The molecule has 3 heterocycles. The van der Waals surface area contributed by atoms with Crippen molar-refractivity contribution in [1.82, 2.24) is 0 Å². The molecule has 19 nitrogen and oxygen atoms in total. The molecule has 7 fully saturated rings. The molecule has 7 aliphatic rings. The topological polar surface area (TPSA) is 318 Å². The van der Waals surface area contributed by atoms with Gasteiger partial charge in [-0.3, -0.25) is 0 Å². The molecule has 388 valence electrons. The van der Waals surface area contributed by atoms with Gasteiger partial charge in [-0.2, -0.15) is 0 Å².